The van der Waals surface area contributed by atoms with Gasteiger partial charge in [0.15, 0.2) is 0 Å². The van der Waals surface area contributed by atoms with Gasteiger partial charge < -0.3 is 20.3 Å². The van der Waals surface area contributed by atoms with Crippen molar-refractivity contribution in [3.8, 4) is 11.3 Å². The second-order valence-corrected chi connectivity index (χ2v) is 14.7. The summed E-state index contributed by atoms with van der Waals surface area (Å²) in [5, 5.41) is 17.8. The van der Waals surface area contributed by atoms with Gasteiger partial charge in [0.2, 0.25) is 0 Å². The Labute approximate surface area is 274 Å². The maximum atomic E-state index is 14.9. The lowest BCUT2D eigenvalue weighted by Gasteiger charge is -2.47. The maximum Gasteiger partial charge on any atom is 0.465 e. The Morgan fingerprint density at radius 2 is 1.67 bits per heavy atom. The van der Waals surface area contributed by atoms with Gasteiger partial charge in [0.25, 0.3) is 0 Å². The molecule has 3 saturated heterocycles. The lowest BCUT2D eigenvalue weighted by Crippen LogP contribution is -2.62. The van der Waals surface area contributed by atoms with E-state index in [0.29, 0.717) is 36.9 Å². The molecule has 0 radical (unpaired) electrons. The molecule has 2 aromatic carbocycles. The fourth-order valence-corrected chi connectivity index (χ4v) is 7.80. The number of nitrogens with zero attached hydrogens (tertiary/aromatic N) is 4. The number of hydrogen-bond acceptors (Lipinski definition) is 6. The quantitative estimate of drug-likeness (QED) is 0.276. The van der Waals surface area contributed by atoms with Crippen molar-refractivity contribution in [1.82, 2.24) is 25.1 Å². The van der Waals surface area contributed by atoms with Crippen molar-refractivity contribution in [2.24, 2.45) is 11.3 Å². The Kier molecular flexibility index (Phi) is 10.1. The molecule has 9 nitrogen and oxygen atoms in total. The topological polar surface area (TPSA) is 91.7 Å². The highest BCUT2D eigenvalue weighted by Gasteiger charge is 2.48. The molecule has 3 N–H and O–H groups in total. The second kappa shape index (κ2) is 14.3. The standard InChI is InChI=1S/C37H53N6O3/c1-37(2,3)34(35-40-32(29-15-9-5-10-16-29)27-41(35)25-28-13-7-4-8-14-28)42(26-30-23-39-24-33(30)44)36(45)46-43(21-11-6-12-22-43)31-17-19-38-20-18-31/h4-5,7-10,13-16,27,30-31,33-34,38-39,44H,6,11-12,17-26H2,1-3H3/q+1/t30-,33+,34-/m0/s1. The molecule has 6 rings (SSSR count). The first-order chi connectivity index (χ1) is 22.2. The van der Waals surface area contributed by atoms with Crippen molar-refractivity contribution < 1.29 is 19.4 Å². The first-order valence-electron chi connectivity index (χ1n) is 17.4. The highest BCUT2D eigenvalue weighted by atomic mass is 16.8. The summed E-state index contributed by atoms with van der Waals surface area (Å²) in [5.74, 6) is 0.733. The summed E-state index contributed by atoms with van der Waals surface area (Å²) < 4.78 is 2.63. The van der Waals surface area contributed by atoms with Crippen LogP contribution in [0.3, 0.4) is 0 Å². The summed E-state index contributed by atoms with van der Waals surface area (Å²) in [4.78, 5) is 29.0. The van der Waals surface area contributed by atoms with Gasteiger partial charge >= 0.3 is 6.09 Å². The molecule has 1 aromatic heterocycles. The molecule has 3 aliphatic rings. The number of aromatic nitrogens is 2. The molecular formula is C37H53N6O3+. The molecule has 0 saturated carbocycles. The van der Waals surface area contributed by atoms with Crippen LogP contribution in [0.2, 0.25) is 0 Å². The van der Waals surface area contributed by atoms with Gasteiger partial charge in [-0.25, -0.2) is 9.78 Å². The zero-order valence-corrected chi connectivity index (χ0v) is 27.9. The van der Waals surface area contributed by atoms with E-state index in [0.717, 1.165) is 68.9 Å². The largest absolute Gasteiger partial charge is 0.465 e. The summed E-state index contributed by atoms with van der Waals surface area (Å²) in [6.45, 7) is 12.4. The molecule has 3 aliphatic heterocycles. The number of amides is 1. The molecule has 0 spiro atoms. The highest BCUT2D eigenvalue weighted by molar-refractivity contribution is 5.68. The molecule has 3 atom stereocenters. The number of carbonyl (C=O) groups is 1. The van der Waals surface area contributed by atoms with E-state index in [9.17, 15) is 9.90 Å². The fourth-order valence-electron chi connectivity index (χ4n) is 7.80. The van der Waals surface area contributed by atoms with Crippen molar-refractivity contribution in [1.29, 1.82) is 0 Å². The monoisotopic (exact) mass is 629 g/mol. The van der Waals surface area contributed by atoms with E-state index >= 15 is 0 Å². The lowest BCUT2D eigenvalue weighted by molar-refractivity contribution is -1.11. The van der Waals surface area contributed by atoms with Crippen molar-refractivity contribution in [3.63, 3.8) is 0 Å². The molecule has 3 fully saturated rings. The summed E-state index contributed by atoms with van der Waals surface area (Å²) in [6.07, 6.45) is 6.61. The number of quaternary nitrogens is 1. The SMILES string of the molecule is CC(C)(C)[C@H](c1nc(-c2ccccc2)cn1Cc1ccccc1)N(C[C@@H]1CNC[C@H]1O)C(=O)O[N+]1(C2CCNCC2)CCCCC1. The van der Waals surface area contributed by atoms with Crippen LogP contribution in [-0.2, 0) is 11.4 Å². The molecule has 1 amide bonds. The molecule has 0 aliphatic carbocycles. The predicted octanol–water partition coefficient (Wildman–Crippen LogP) is 5.37. The average Bonchev–Trinajstić information content (AvgIpc) is 3.67. The lowest BCUT2D eigenvalue weighted by atomic mass is 9.84. The number of nitrogens with one attached hydrogen (secondary N) is 2. The van der Waals surface area contributed by atoms with Gasteiger partial charge in [0.1, 0.15) is 25.0 Å². The number of likely N-dealkylation sites (tertiary alicyclic amines) is 1. The molecule has 4 heterocycles. The molecular weight excluding hydrogens is 576 g/mol. The Bertz CT molecular complexity index is 1410. The minimum atomic E-state index is -0.526. The number of rotatable bonds is 9. The van der Waals surface area contributed by atoms with Crippen LogP contribution in [0.1, 0.15) is 70.3 Å². The Morgan fingerprint density at radius 3 is 2.30 bits per heavy atom. The van der Waals surface area contributed by atoms with Crippen LogP contribution in [0, 0.1) is 11.3 Å². The normalized spacial score (nSPS) is 22.8. The molecule has 0 unspecified atom stereocenters. The zero-order valence-electron chi connectivity index (χ0n) is 27.9. The Morgan fingerprint density at radius 1 is 1.00 bits per heavy atom. The van der Waals surface area contributed by atoms with Gasteiger partial charge in [-0.15, -0.1) is 4.65 Å². The molecule has 46 heavy (non-hydrogen) atoms. The number of hydroxylamine groups is 3. The summed E-state index contributed by atoms with van der Waals surface area (Å²) in [6, 6.07) is 20.6. The van der Waals surface area contributed by atoms with Gasteiger partial charge in [-0.3, -0.25) is 9.74 Å². The van der Waals surface area contributed by atoms with Crippen LogP contribution in [0.15, 0.2) is 66.9 Å². The van der Waals surface area contributed by atoms with Gasteiger partial charge in [0, 0.05) is 82.6 Å². The number of aliphatic hydroxyl groups is 1. The number of carbonyl (C=O) groups excluding carboxylic acids is 1. The smallest absolute Gasteiger partial charge is 0.391 e. The minimum Gasteiger partial charge on any atom is -0.391 e. The second-order valence-electron chi connectivity index (χ2n) is 14.7. The number of β-amino-alcohol motifs (C(OH)–C–C–N with tert-alkyl or cyclic N) is 1. The fraction of sp³-hybridized carbons (Fsp3) is 0.568. The number of piperidine rings is 2. The molecule has 3 aromatic rings. The summed E-state index contributed by atoms with van der Waals surface area (Å²) >= 11 is 0. The molecule has 9 heteroatoms. The van der Waals surface area contributed by atoms with Gasteiger partial charge in [-0.1, -0.05) is 81.4 Å². The summed E-state index contributed by atoms with van der Waals surface area (Å²) in [5.41, 5.74) is 2.70. The molecule has 0 bridgehead atoms. The minimum absolute atomic E-state index is 0.0998. The van der Waals surface area contributed by atoms with E-state index in [1.807, 2.05) is 29.2 Å². The van der Waals surface area contributed by atoms with Crippen molar-refractivity contribution in [3.05, 3.63) is 78.2 Å². The van der Waals surface area contributed by atoms with E-state index in [4.69, 9.17) is 9.82 Å². The number of aliphatic hydroxyl groups excluding tert-OH is 1. The number of imidazole rings is 1. The average molecular weight is 630 g/mol. The predicted molar refractivity (Wildman–Crippen MR) is 181 cm³/mol. The van der Waals surface area contributed by atoms with E-state index in [2.05, 4.69) is 78.6 Å². The van der Waals surface area contributed by atoms with E-state index in [-0.39, 0.29) is 17.4 Å². The van der Waals surface area contributed by atoms with Crippen LogP contribution in [0.25, 0.3) is 11.3 Å². The van der Waals surface area contributed by atoms with Gasteiger partial charge in [0.05, 0.1) is 17.8 Å². The van der Waals surface area contributed by atoms with Crippen LogP contribution in [0.4, 0.5) is 4.79 Å². The molecule has 248 valence electrons. The summed E-state index contributed by atoms with van der Waals surface area (Å²) in [7, 11) is 0. The van der Waals surface area contributed by atoms with Crippen molar-refractivity contribution in [2.45, 2.75) is 77.6 Å². The van der Waals surface area contributed by atoms with Crippen LogP contribution in [0.5, 0.6) is 0 Å². The third kappa shape index (κ3) is 7.33. The van der Waals surface area contributed by atoms with Crippen LogP contribution >= 0.6 is 0 Å². The van der Waals surface area contributed by atoms with Gasteiger partial charge in [-0.2, -0.15) is 0 Å². The Balaban J connectivity index is 1.43. The van der Waals surface area contributed by atoms with Crippen LogP contribution < -0.4 is 10.6 Å². The van der Waals surface area contributed by atoms with Crippen molar-refractivity contribution in [2.75, 3.05) is 45.8 Å². The Hall–Kier alpha value is -3.24. The maximum absolute atomic E-state index is 14.9. The first-order valence-corrected chi connectivity index (χ1v) is 17.4. The third-order valence-corrected chi connectivity index (χ3v) is 10.2. The van der Waals surface area contributed by atoms with Crippen LogP contribution in [-0.4, -0.2) is 88.3 Å². The van der Waals surface area contributed by atoms with Gasteiger partial charge in [-0.05, 0) is 17.4 Å². The van der Waals surface area contributed by atoms with E-state index in [1.165, 1.54) is 12.0 Å². The zero-order chi connectivity index (χ0) is 32.1. The number of benzene rings is 2. The van der Waals surface area contributed by atoms with E-state index in [1.54, 1.807) is 0 Å². The number of hydrogen-bond donors (Lipinski definition) is 3. The highest BCUT2D eigenvalue weighted by Crippen LogP contribution is 2.41. The third-order valence-electron chi connectivity index (χ3n) is 10.2. The first kappa shape index (κ1) is 32.7. The van der Waals surface area contributed by atoms with E-state index < -0.39 is 12.1 Å². The van der Waals surface area contributed by atoms with Crippen molar-refractivity contribution >= 4 is 6.09 Å².